The lowest BCUT2D eigenvalue weighted by Gasteiger charge is -2.14. The largest absolute Gasteiger partial charge is 0.497 e. The van der Waals surface area contributed by atoms with E-state index in [4.69, 9.17) is 20.3 Å². The zero-order valence-electron chi connectivity index (χ0n) is 11.1. The van der Waals surface area contributed by atoms with Gasteiger partial charge in [-0.25, -0.2) is 0 Å². The Bertz CT molecular complexity index is 505. The van der Waals surface area contributed by atoms with Gasteiger partial charge in [0.05, 0.1) is 14.2 Å². The molecule has 18 heavy (non-hydrogen) atoms. The Kier molecular flexibility index (Phi) is 4.66. The first kappa shape index (κ1) is 14.0. The van der Waals surface area contributed by atoms with E-state index in [9.17, 15) is 0 Å². The molecule has 0 aliphatic heterocycles. The fraction of sp³-hybridized carbons (Fsp3) is 0.286. The van der Waals surface area contributed by atoms with E-state index in [1.165, 1.54) is 6.21 Å². The lowest BCUT2D eigenvalue weighted by molar-refractivity contribution is 0.393. The molecule has 1 rings (SSSR count). The minimum atomic E-state index is 0.402. The van der Waals surface area contributed by atoms with Gasteiger partial charge in [0.15, 0.2) is 0 Å². The van der Waals surface area contributed by atoms with Gasteiger partial charge in [0.2, 0.25) is 0 Å². The first-order valence-electron chi connectivity index (χ1n) is 5.54. The quantitative estimate of drug-likeness (QED) is 0.784. The van der Waals surface area contributed by atoms with Gasteiger partial charge in [-0.3, -0.25) is 0 Å². The summed E-state index contributed by atoms with van der Waals surface area (Å²) in [7, 11) is 3.17. The van der Waals surface area contributed by atoms with E-state index in [2.05, 4.69) is 0 Å². The summed E-state index contributed by atoms with van der Waals surface area (Å²) in [5, 5.41) is 15.2. The van der Waals surface area contributed by atoms with Gasteiger partial charge in [0.1, 0.15) is 11.5 Å². The van der Waals surface area contributed by atoms with Crippen LogP contribution in [0.2, 0.25) is 0 Å². The normalized spacial score (nSPS) is 11.6. The molecule has 1 aromatic carbocycles. The molecule has 96 valence electrons. The van der Waals surface area contributed by atoms with Gasteiger partial charge in [-0.1, -0.05) is 0 Å². The van der Waals surface area contributed by atoms with Crippen LogP contribution in [0, 0.1) is 10.8 Å². The van der Waals surface area contributed by atoms with Gasteiger partial charge >= 0.3 is 0 Å². The maximum Gasteiger partial charge on any atom is 0.130 e. The van der Waals surface area contributed by atoms with Crippen LogP contribution in [0.15, 0.2) is 23.8 Å². The van der Waals surface area contributed by atoms with Gasteiger partial charge in [-0.15, -0.1) is 0 Å². The summed E-state index contributed by atoms with van der Waals surface area (Å²) in [5.74, 6) is 1.34. The molecule has 0 bridgehead atoms. The van der Waals surface area contributed by atoms with Crippen LogP contribution in [0.3, 0.4) is 0 Å². The molecular weight excluding hydrogens is 228 g/mol. The van der Waals surface area contributed by atoms with Crippen molar-refractivity contribution in [3.05, 3.63) is 29.3 Å². The van der Waals surface area contributed by atoms with E-state index in [-0.39, 0.29) is 0 Å². The van der Waals surface area contributed by atoms with E-state index in [1.807, 2.05) is 19.1 Å². The number of allylic oxidation sites excluding steroid dienone is 2. The van der Waals surface area contributed by atoms with Crippen LogP contribution in [0.4, 0.5) is 0 Å². The van der Waals surface area contributed by atoms with Gasteiger partial charge in [0.25, 0.3) is 0 Å². The number of hydrogen-bond acceptors (Lipinski definition) is 4. The Labute approximate surface area is 107 Å². The molecule has 0 aliphatic rings. The monoisotopic (exact) mass is 246 g/mol. The Hall–Kier alpha value is -2.10. The van der Waals surface area contributed by atoms with Crippen molar-refractivity contribution in [1.29, 1.82) is 10.8 Å². The topological polar surface area (TPSA) is 66.2 Å². The second-order valence-corrected chi connectivity index (χ2v) is 3.89. The highest BCUT2D eigenvalue weighted by molar-refractivity contribution is 6.25. The molecule has 0 saturated carbocycles. The summed E-state index contributed by atoms with van der Waals surface area (Å²) in [6, 6.07) is 5.44. The second kappa shape index (κ2) is 6.00. The van der Waals surface area contributed by atoms with Crippen molar-refractivity contribution in [3.63, 3.8) is 0 Å². The summed E-state index contributed by atoms with van der Waals surface area (Å²) < 4.78 is 10.5. The summed E-state index contributed by atoms with van der Waals surface area (Å²) in [6.45, 7) is 3.51. The summed E-state index contributed by atoms with van der Waals surface area (Å²) in [4.78, 5) is 0. The highest BCUT2D eigenvalue weighted by Crippen LogP contribution is 2.32. The van der Waals surface area contributed by atoms with E-state index in [1.54, 1.807) is 27.2 Å². The van der Waals surface area contributed by atoms with Gasteiger partial charge in [-0.05, 0) is 31.6 Å². The molecule has 1 aromatic rings. The number of hydrogen-bond donors (Lipinski definition) is 2. The highest BCUT2D eigenvalue weighted by Gasteiger charge is 2.13. The molecule has 0 saturated heterocycles. The van der Waals surface area contributed by atoms with Gasteiger partial charge in [0, 0.05) is 29.1 Å². The predicted octanol–water partition coefficient (Wildman–Crippen LogP) is 3.17. The minimum Gasteiger partial charge on any atom is -0.497 e. The maximum atomic E-state index is 7.85. The molecule has 0 amide bonds. The number of ether oxygens (including phenoxy) is 2. The Morgan fingerprint density at radius 2 is 1.83 bits per heavy atom. The zero-order chi connectivity index (χ0) is 13.7. The van der Waals surface area contributed by atoms with Crippen LogP contribution in [-0.4, -0.2) is 26.1 Å². The predicted molar refractivity (Wildman–Crippen MR) is 74.3 cm³/mol. The van der Waals surface area contributed by atoms with Crippen molar-refractivity contribution in [2.45, 2.75) is 13.8 Å². The molecular formula is C14H18N2O2. The van der Waals surface area contributed by atoms with Gasteiger partial charge in [-0.2, -0.15) is 0 Å². The molecule has 0 spiro atoms. The highest BCUT2D eigenvalue weighted by atomic mass is 16.5. The smallest absolute Gasteiger partial charge is 0.130 e. The third-order valence-corrected chi connectivity index (χ3v) is 2.66. The first-order valence-corrected chi connectivity index (χ1v) is 5.54. The number of nitrogens with one attached hydrogen (secondary N) is 2. The van der Waals surface area contributed by atoms with Gasteiger partial charge < -0.3 is 20.3 Å². The molecule has 0 aliphatic carbocycles. The fourth-order valence-electron chi connectivity index (χ4n) is 1.79. The second-order valence-electron chi connectivity index (χ2n) is 3.89. The van der Waals surface area contributed by atoms with Crippen molar-refractivity contribution < 1.29 is 9.47 Å². The SMILES string of the molecule is COc1ccc(/C(C(C)=N)=C(\C)C=N)c(OC)c1. The molecule has 4 nitrogen and oxygen atoms in total. The average molecular weight is 246 g/mol. The Morgan fingerprint density at radius 1 is 1.17 bits per heavy atom. The van der Waals surface area contributed by atoms with Crippen LogP contribution >= 0.6 is 0 Å². The first-order chi connectivity index (χ1) is 8.54. The summed E-state index contributed by atoms with van der Waals surface area (Å²) >= 11 is 0. The molecule has 0 heterocycles. The number of benzene rings is 1. The van der Waals surface area contributed by atoms with E-state index in [0.29, 0.717) is 22.8 Å². The van der Waals surface area contributed by atoms with Crippen molar-refractivity contribution in [2.75, 3.05) is 14.2 Å². The number of methoxy groups -OCH3 is 2. The third kappa shape index (κ3) is 2.77. The third-order valence-electron chi connectivity index (χ3n) is 2.66. The standard InChI is InChI=1S/C14H18N2O2/c1-9(8-15)14(10(2)16)12-6-5-11(17-3)7-13(12)18-4/h5-8,15-16H,1-4H3/b14-9+,15-8?,16-10?. The Balaban J connectivity index is 3.47. The lowest BCUT2D eigenvalue weighted by Crippen LogP contribution is -2.02. The van der Waals surface area contributed by atoms with Crippen molar-refractivity contribution >= 4 is 17.5 Å². The number of rotatable bonds is 5. The zero-order valence-corrected chi connectivity index (χ0v) is 11.1. The van der Waals surface area contributed by atoms with Crippen molar-refractivity contribution in [3.8, 4) is 11.5 Å². The molecule has 0 aromatic heterocycles. The van der Waals surface area contributed by atoms with Crippen molar-refractivity contribution in [2.24, 2.45) is 0 Å². The molecule has 4 heteroatoms. The summed E-state index contributed by atoms with van der Waals surface area (Å²) in [6.07, 6.45) is 1.25. The lowest BCUT2D eigenvalue weighted by atomic mass is 9.96. The maximum absolute atomic E-state index is 7.85. The molecule has 0 atom stereocenters. The van der Waals surface area contributed by atoms with Crippen LogP contribution in [0.1, 0.15) is 19.4 Å². The molecule has 2 N–H and O–H groups in total. The molecule has 0 radical (unpaired) electrons. The van der Waals surface area contributed by atoms with Crippen molar-refractivity contribution in [1.82, 2.24) is 0 Å². The Morgan fingerprint density at radius 3 is 2.28 bits per heavy atom. The van der Waals surface area contributed by atoms with E-state index >= 15 is 0 Å². The fourth-order valence-corrected chi connectivity index (χ4v) is 1.79. The average Bonchev–Trinajstić information content (AvgIpc) is 2.38. The van der Waals surface area contributed by atoms with Crippen LogP contribution < -0.4 is 9.47 Å². The summed E-state index contributed by atoms with van der Waals surface area (Å²) in [5.41, 5.74) is 2.64. The van der Waals surface area contributed by atoms with E-state index in [0.717, 1.165) is 11.1 Å². The van der Waals surface area contributed by atoms with E-state index < -0.39 is 0 Å². The van der Waals surface area contributed by atoms with Crippen LogP contribution in [0.5, 0.6) is 11.5 Å². The minimum absolute atomic E-state index is 0.402. The van der Waals surface area contributed by atoms with Crippen LogP contribution in [-0.2, 0) is 0 Å². The van der Waals surface area contributed by atoms with Crippen LogP contribution in [0.25, 0.3) is 5.57 Å². The molecule has 0 fully saturated rings. The molecule has 0 unspecified atom stereocenters.